The molecule has 7 heteroatoms. The van der Waals surface area contributed by atoms with Crippen LogP contribution in [0.1, 0.15) is 46.4 Å². The second kappa shape index (κ2) is 18.8. The van der Waals surface area contributed by atoms with E-state index >= 15 is 0 Å². The van der Waals surface area contributed by atoms with Gasteiger partial charge in [-0.1, -0.05) is 146 Å². The molecular weight excluding hydrogens is 669 g/mol. The highest BCUT2D eigenvalue weighted by atomic mass is 32.2. The SMILES string of the molecule is CCO[C@H]1c2ccccc2C[C@H]1S[C@@H]1O[C@H](COCc2ccccc2)[C@@H](OCc2ccccc2)[C@H](OCc2ccccc2)[C@H]1OCc1ccccc1. The highest BCUT2D eigenvalue weighted by Crippen LogP contribution is 2.46. The van der Waals surface area contributed by atoms with Crippen LogP contribution in [0.25, 0.3) is 0 Å². The van der Waals surface area contributed by atoms with Gasteiger partial charge < -0.3 is 28.4 Å². The fraction of sp³-hybridized carbons (Fsp3) is 0.333. The van der Waals surface area contributed by atoms with Crippen molar-refractivity contribution in [3.63, 3.8) is 0 Å². The second-order valence-corrected chi connectivity index (χ2v) is 14.6. The summed E-state index contributed by atoms with van der Waals surface area (Å²) in [6.45, 7) is 4.73. The topological polar surface area (TPSA) is 55.4 Å². The van der Waals surface area contributed by atoms with E-state index in [1.807, 2.05) is 72.8 Å². The molecule has 0 bridgehead atoms. The maximum Gasteiger partial charge on any atom is 0.133 e. The number of hydrogen-bond acceptors (Lipinski definition) is 7. The van der Waals surface area contributed by atoms with Gasteiger partial charge >= 0.3 is 0 Å². The van der Waals surface area contributed by atoms with E-state index in [4.69, 9.17) is 28.4 Å². The lowest BCUT2D eigenvalue weighted by atomic mass is 9.98. The largest absolute Gasteiger partial charge is 0.374 e. The van der Waals surface area contributed by atoms with E-state index in [1.54, 1.807) is 11.8 Å². The van der Waals surface area contributed by atoms with Gasteiger partial charge in [0.1, 0.15) is 29.9 Å². The molecule has 1 fully saturated rings. The molecule has 7 rings (SSSR count). The van der Waals surface area contributed by atoms with Crippen LogP contribution in [0, 0.1) is 0 Å². The maximum absolute atomic E-state index is 7.15. The third-order valence-electron chi connectivity index (χ3n) is 9.62. The molecule has 0 spiro atoms. The number of rotatable bonds is 17. The molecule has 1 saturated heterocycles. The first-order valence-corrected chi connectivity index (χ1v) is 19.3. The molecule has 0 saturated carbocycles. The zero-order valence-electron chi connectivity index (χ0n) is 29.7. The van der Waals surface area contributed by atoms with Gasteiger partial charge in [-0.3, -0.25) is 0 Å². The van der Waals surface area contributed by atoms with E-state index in [9.17, 15) is 0 Å². The summed E-state index contributed by atoms with van der Waals surface area (Å²) < 4.78 is 40.7. The lowest BCUT2D eigenvalue weighted by Crippen LogP contribution is -2.60. The summed E-state index contributed by atoms with van der Waals surface area (Å²) in [6.07, 6.45) is -0.967. The van der Waals surface area contributed by atoms with Crippen molar-refractivity contribution in [3.8, 4) is 0 Å². The summed E-state index contributed by atoms with van der Waals surface area (Å²) in [5.74, 6) is 0. The normalized spacial score (nSPS) is 24.1. The van der Waals surface area contributed by atoms with E-state index in [1.165, 1.54) is 11.1 Å². The van der Waals surface area contributed by atoms with Gasteiger partial charge in [0, 0.05) is 11.9 Å². The van der Waals surface area contributed by atoms with Crippen molar-refractivity contribution in [2.75, 3.05) is 13.2 Å². The van der Waals surface area contributed by atoms with Gasteiger partial charge in [0.2, 0.25) is 0 Å². The minimum Gasteiger partial charge on any atom is -0.374 e. The molecule has 270 valence electrons. The van der Waals surface area contributed by atoms with Gasteiger partial charge in [0.05, 0.1) is 39.1 Å². The van der Waals surface area contributed by atoms with Crippen LogP contribution in [-0.4, -0.2) is 48.3 Å². The van der Waals surface area contributed by atoms with Gasteiger partial charge in [-0.05, 0) is 46.7 Å². The smallest absolute Gasteiger partial charge is 0.133 e. The Kier molecular flexibility index (Phi) is 13.2. The van der Waals surface area contributed by atoms with E-state index in [0.29, 0.717) is 39.6 Å². The monoisotopic (exact) mass is 716 g/mol. The third-order valence-corrected chi connectivity index (χ3v) is 11.0. The van der Waals surface area contributed by atoms with Crippen LogP contribution in [0.3, 0.4) is 0 Å². The van der Waals surface area contributed by atoms with Crippen LogP contribution in [0.2, 0.25) is 0 Å². The molecule has 0 radical (unpaired) electrons. The second-order valence-electron chi connectivity index (χ2n) is 13.3. The van der Waals surface area contributed by atoms with Gasteiger partial charge in [-0.2, -0.15) is 0 Å². The molecule has 5 aromatic rings. The Morgan fingerprint density at radius 3 is 1.58 bits per heavy atom. The van der Waals surface area contributed by atoms with Crippen molar-refractivity contribution in [2.45, 2.75) is 81.0 Å². The van der Waals surface area contributed by atoms with Gasteiger partial charge in [0.25, 0.3) is 0 Å². The fourth-order valence-electron chi connectivity index (χ4n) is 7.05. The summed E-state index contributed by atoms with van der Waals surface area (Å²) in [4.78, 5) is 0. The number of thioether (sulfide) groups is 1. The number of ether oxygens (including phenoxy) is 6. The van der Waals surface area contributed by atoms with E-state index in [-0.39, 0.29) is 16.8 Å². The number of benzene rings is 5. The van der Waals surface area contributed by atoms with Crippen molar-refractivity contribution in [2.24, 2.45) is 0 Å². The summed E-state index contributed by atoms with van der Waals surface area (Å²) in [5.41, 5.74) is 6.55. The van der Waals surface area contributed by atoms with Crippen LogP contribution in [0.5, 0.6) is 0 Å². The zero-order valence-corrected chi connectivity index (χ0v) is 30.5. The third kappa shape index (κ3) is 9.60. The van der Waals surface area contributed by atoms with E-state index < -0.39 is 24.4 Å². The summed E-state index contributed by atoms with van der Waals surface area (Å²) in [7, 11) is 0. The Morgan fingerprint density at radius 2 is 1.02 bits per heavy atom. The fourth-order valence-corrected chi connectivity index (χ4v) is 8.63. The Morgan fingerprint density at radius 1 is 0.538 bits per heavy atom. The minimum absolute atomic E-state index is 0.0481. The van der Waals surface area contributed by atoms with Crippen molar-refractivity contribution in [1.29, 1.82) is 0 Å². The standard InChI is InChI=1S/C45H48O6S/c1-2-47-41-38-26-16-15-25-37(38)27-40(41)52-45-44(50-31-36-23-13-6-14-24-36)43(49-30-35-21-11-5-12-22-35)42(48-29-34-19-9-4-10-20-34)39(51-45)32-46-28-33-17-7-3-8-18-33/h3-26,39-45H,2,27-32H2,1H3/t39-,40-,41+,42-,43+,44-,45+/m1/s1. The molecule has 6 nitrogen and oxygen atoms in total. The summed E-state index contributed by atoms with van der Waals surface area (Å²) in [5, 5.41) is 0.132. The molecule has 5 aromatic carbocycles. The maximum atomic E-state index is 7.15. The quantitative estimate of drug-likeness (QED) is 0.0952. The highest BCUT2D eigenvalue weighted by molar-refractivity contribution is 8.00. The first-order chi connectivity index (χ1) is 25.7. The molecule has 52 heavy (non-hydrogen) atoms. The number of hydrogen-bond donors (Lipinski definition) is 0. The molecule has 1 aliphatic heterocycles. The molecule has 1 heterocycles. The predicted octanol–water partition coefficient (Wildman–Crippen LogP) is 9.12. The molecule has 0 amide bonds. The van der Waals surface area contributed by atoms with Crippen molar-refractivity contribution in [1.82, 2.24) is 0 Å². The molecule has 0 aromatic heterocycles. The van der Waals surface area contributed by atoms with Gasteiger partial charge in [0.15, 0.2) is 0 Å². The first kappa shape index (κ1) is 36.6. The van der Waals surface area contributed by atoms with Crippen molar-refractivity contribution in [3.05, 3.63) is 179 Å². The van der Waals surface area contributed by atoms with Crippen LogP contribution in [0.4, 0.5) is 0 Å². The molecule has 7 atom stereocenters. The van der Waals surface area contributed by atoms with Gasteiger partial charge in [-0.25, -0.2) is 0 Å². The first-order valence-electron chi connectivity index (χ1n) is 18.3. The van der Waals surface area contributed by atoms with Crippen LogP contribution >= 0.6 is 11.8 Å². The molecule has 0 N–H and O–H groups in total. The summed E-state index contributed by atoms with van der Waals surface area (Å²) >= 11 is 1.79. The average molecular weight is 717 g/mol. The molecular formula is C45H48O6S. The average Bonchev–Trinajstić information content (AvgIpc) is 3.54. The molecule has 2 aliphatic rings. The minimum atomic E-state index is -0.472. The Balaban J connectivity index is 1.22. The molecule has 1 aliphatic carbocycles. The Hall–Kier alpha value is -3.79. The molecule has 0 unspecified atom stereocenters. The van der Waals surface area contributed by atoms with E-state index in [2.05, 4.69) is 79.7 Å². The predicted molar refractivity (Wildman–Crippen MR) is 206 cm³/mol. The Labute approximate surface area is 312 Å². The van der Waals surface area contributed by atoms with Crippen molar-refractivity contribution < 1.29 is 28.4 Å². The van der Waals surface area contributed by atoms with Crippen LogP contribution < -0.4 is 0 Å². The van der Waals surface area contributed by atoms with E-state index in [0.717, 1.165) is 28.7 Å². The summed E-state index contributed by atoms with van der Waals surface area (Å²) in [6, 6.07) is 49.7. The van der Waals surface area contributed by atoms with Gasteiger partial charge in [-0.15, -0.1) is 11.8 Å². The zero-order chi connectivity index (χ0) is 35.4. The lowest BCUT2D eigenvalue weighted by molar-refractivity contribution is -0.254. The number of fused-ring (bicyclic) bond motifs is 1. The van der Waals surface area contributed by atoms with Crippen LogP contribution in [0.15, 0.2) is 146 Å². The lowest BCUT2D eigenvalue weighted by Gasteiger charge is -2.46. The van der Waals surface area contributed by atoms with Crippen LogP contribution in [-0.2, 0) is 61.3 Å². The Bertz CT molecular complexity index is 1760. The highest BCUT2D eigenvalue weighted by Gasteiger charge is 2.50. The van der Waals surface area contributed by atoms with Crippen molar-refractivity contribution >= 4 is 11.8 Å².